The van der Waals surface area contributed by atoms with Gasteiger partial charge < -0.3 is 15.0 Å². The summed E-state index contributed by atoms with van der Waals surface area (Å²) in [5, 5.41) is 3.21. The third-order valence-corrected chi connectivity index (χ3v) is 5.42. The molecule has 3 amide bonds. The summed E-state index contributed by atoms with van der Waals surface area (Å²) >= 11 is 0. The van der Waals surface area contributed by atoms with E-state index in [4.69, 9.17) is 4.74 Å². The number of carbonyl (C=O) groups excluding carboxylic acids is 3. The van der Waals surface area contributed by atoms with Gasteiger partial charge in [0.15, 0.2) is 0 Å². The van der Waals surface area contributed by atoms with E-state index in [1.807, 2.05) is 36.4 Å². The molecule has 3 heterocycles. The number of nitrogens with one attached hydrogen (secondary N) is 1. The summed E-state index contributed by atoms with van der Waals surface area (Å²) in [6.45, 7) is 0.717. The molecule has 2 fully saturated rings. The minimum Gasteiger partial charge on any atom is -0.459 e. The molecule has 0 bridgehead atoms. The molecular formula is C22H24N4O4. The first-order valence-electron chi connectivity index (χ1n) is 10.1. The molecule has 2 unspecified atom stereocenters. The van der Waals surface area contributed by atoms with Crippen molar-refractivity contribution >= 4 is 17.9 Å². The quantitative estimate of drug-likeness (QED) is 0.732. The standard InChI is InChI=1S/C22H24N4O4/c27-19(30-15-16-7-2-1-3-8-16)14-25-18-10-6-12-24-20(18)21(28)26(22(25)29)13-17-9-4-5-11-23-17/h1-5,7-9,11,18,20,24H,6,10,12-15H2. The minimum absolute atomic E-state index is 0.0684. The van der Waals surface area contributed by atoms with Crippen LogP contribution < -0.4 is 5.32 Å². The largest absolute Gasteiger partial charge is 0.459 e. The van der Waals surface area contributed by atoms with E-state index >= 15 is 0 Å². The number of esters is 1. The lowest BCUT2D eigenvalue weighted by atomic mass is 9.93. The van der Waals surface area contributed by atoms with Gasteiger partial charge in [0.2, 0.25) is 5.91 Å². The monoisotopic (exact) mass is 408 g/mol. The number of benzene rings is 1. The summed E-state index contributed by atoms with van der Waals surface area (Å²) < 4.78 is 5.37. The van der Waals surface area contributed by atoms with E-state index in [2.05, 4.69) is 10.3 Å². The zero-order valence-corrected chi connectivity index (χ0v) is 16.6. The first-order chi connectivity index (χ1) is 14.6. The SMILES string of the molecule is O=C(CN1C(=O)N(Cc2ccccn2)C(=O)C2NCCCC21)OCc1ccccc1. The van der Waals surface area contributed by atoms with Gasteiger partial charge in [0, 0.05) is 6.20 Å². The average molecular weight is 408 g/mol. The number of pyridine rings is 1. The number of piperidine rings is 1. The van der Waals surface area contributed by atoms with Crippen molar-refractivity contribution in [2.24, 2.45) is 0 Å². The molecule has 2 aromatic rings. The smallest absolute Gasteiger partial charge is 0.327 e. The van der Waals surface area contributed by atoms with Crippen LogP contribution in [0.3, 0.4) is 0 Å². The number of ether oxygens (including phenoxy) is 1. The topological polar surface area (TPSA) is 91.8 Å². The van der Waals surface area contributed by atoms with Crippen molar-refractivity contribution in [2.75, 3.05) is 13.1 Å². The van der Waals surface area contributed by atoms with Gasteiger partial charge in [-0.25, -0.2) is 4.79 Å². The van der Waals surface area contributed by atoms with Crippen LogP contribution in [0, 0.1) is 0 Å². The van der Waals surface area contributed by atoms with Gasteiger partial charge in [-0.1, -0.05) is 36.4 Å². The lowest BCUT2D eigenvalue weighted by Gasteiger charge is -2.46. The van der Waals surface area contributed by atoms with Crippen LogP contribution in [0.15, 0.2) is 54.7 Å². The zero-order chi connectivity index (χ0) is 20.9. The second kappa shape index (κ2) is 9.04. The molecule has 2 aliphatic heterocycles. The fraction of sp³-hybridized carbons (Fsp3) is 0.364. The van der Waals surface area contributed by atoms with Crippen LogP contribution in [0.25, 0.3) is 0 Å². The van der Waals surface area contributed by atoms with E-state index in [9.17, 15) is 14.4 Å². The number of hydrogen-bond donors (Lipinski definition) is 1. The molecule has 0 aliphatic carbocycles. The number of rotatable bonds is 6. The van der Waals surface area contributed by atoms with Crippen LogP contribution >= 0.6 is 0 Å². The van der Waals surface area contributed by atoms with E-state index in [0.29, 0.717) is 18.7 Å². The molecule has 8 nitrogen and oxygen atoms in total. The number of fused-ring (bicyclic) bond motifs is 1. The van der Waals surface area contributed by atoms with E-state index < -0.39 is 18.0 Å². The number of hydrogen-bond acceptors (Lipinski definition) is 6. The van der Waals surface area contributed by atoms with Crippen molar-refractivity contribution in [1.82, 2.24) is 20.1 Å². The van der Waals surface area contributed by atoms with Gasteiger partial charge in [-0.3, -0.25) is 19.5 Å². The molecule has 2 atom stereocenters. The minimum atomic E-state index is -0.526. The molecular weight excluding hydrogens is 384 g/mol. The van der Waals surface area contributed by atoms with Crippen LogP contribution in [-0.4, -0.2) is 57.9 Å². The number of carbonyl (C=O) groups is 3. The van der Waals surface area contributed by atoms with Crippen LogP contribution in [-0.2, 0) is 27.5 Å². The van der Waals surface area contributed by atoms with Crippen LogP contribution in [0.1, 0.15) is 24.1 Å². The maximum Gasteiger partial charge on any atom is 0.327 e. The maximum atomic E-state index is 13.2. The molecule has 0 radical (unpaired) electrons. The second-order valence-electron chi connectivity index (χ2n) is 7.44. The van der Waals surface area contributed by atoms with Crippen molar-refractivity contribution in [3.8, 4) is 0 Å². The summed E-state index contributed by atoms with van der Waals surface area (Å²) in [5.74, 6) is -0.770. The third-order valence-electron chi connectivity index (χ3n) is 5.42. The van der Waals surface area contributed by atoms with Crippen molar-refractivity contribution in [3.63, 3.8) is 0 Å². The Morgan fingerprint density at radius 2 is 1.93 bits per heavy atom. The Kier molecular flexibility index (Phi) is 6.04. The number of amides is 3. The highest BCUT2D eigenvalue weighted by Gasteiger charge is 2.47. The molecule has 30 heavy (non-hydrogen) atoms. The van der Waals surface area contributed by atoms with Gasteiger partial charge in [0.25, 0.3) is 0 Å². The molecule has 8 heteroatoms. The third kappa shape index (κ3) is 4.33. The van der Waals surface area contributed by atoms with Gasteiger partial charge >= 0.3 is 12.0 Å². The van der Waals surface area contributed by atoms with E-state index in [-0.39, 0.29) is 31.6 Å². The van der Waals surface area contributed by atoms with Gasteiger partial charge in [0.1, 0.15) is 19.2 Å². The molecule has 2 saturated heterocycles. The average Bonchev–Trinajstić information content (AvgIpc) is 2.79. The molecule has 0 spiro atoms. The molecule has 156 valence electrons. The van der Waals surface area contributed by atoms with E-state index in [0.717, 1.165) is 12.0 Å². The summed E-state index contributed by atoms with van der Waals surface area (Å²) in [4.78, 5) is 45.5. The lowest BCUT2D eigenvalue weighted by Crippen LogP contribution is -2.69. The van der Waals surface area contributed by atoms with Crippen LogP contribution in [0.2, 0.25) is 0 Å². The van der Waals surface area contributed by atoms with E-state index in [1.54, 1.807) is 18.3 Å². The number of nitrogens with zero attached hydrogens (tertiary/aromatic N) is 3. The molecule has 0 saturated carbocycles. The molecule has 1 aromatic carbocycles. The summed E-state index contributed by atoms with van der Waals surface area (Å²) in [7, 11) is 0. The molecule has 1 N–H and O–H groups in total. The first-order valence-corrected chi connectivity index (χ1v) is 10.1. The van der Waals surface area contributed by atoms with Gasteiger partial charge in [-0.15, -0.1) is 0 Å². The van der Waals surface area contributed by atoms with Crippen LogP contribution in [0.4, 0.5) is 4.79 Å². The van der Waals surface area contributed by atoms with Gasteiger partial charge in [0.05, 0.1) is 18.3 Å². The normalized spacial score (nSPS) is 21.3. The Morgan fingerprint density at radius 3 is 2.70 bits per heavy atom. The Bertz CT molecular complexity index is 906. The predicted molar refractivity (Wildman–Crippen MR) is 108 cm³/mol. The van der Waals surface area contributed by atoms with Crippen molar-refractivity contribution in [1.29, 1.82) is 0 Å². The van der Waals surface area contributed by atoms with Gasteiger partial charge in [-0.2, -0.15) is 0 Å². The maximum absolute atomic E-state index is 13.2. The van der Waals surface area contributed by atoms with Crippen molar-refractivity contribution in [2.45, 2.75) is 38.1 Å². The van der Waals surface area contributed by atoms with E-state index in [1.165, 1.54) is 9.80 Å². The molecule has 1 aromatic heterocycles. The zero-order valence-electron chi connectivity index (χ0n) is 16.6. The first kappa shape index (κ1) is 20.0. The van der Waals surface area contributed by atoms with Crippen LogP contribution in [0.5, 0.6) is 0 Å². The molecule has 2 aliphatic rings. The fourth-order valence-corrected chi connectivity index (χ4v) is 3.93. The van der Waals surface area contributed by atoms with Crippen molar-refractivity contribution < 1.29 is 19.1 Å². The number of imide groups is 1. The van der Waals surface area contributed by atoms with Gasteiger partial charge in [-0.05, 0) is 37.1 Å². The number of urea groups is 1. The molecule has 4 rings (SSSR count). The summed E-state index contributed by atoms with van der Waals surface area (Å²) in [6.07, 6.45) is 3.12. The summed E-state index contributed by atoms with van der Waals surface area (Å²) in [5.41, 5.74) is 1.49. The Labute approximate surface area is 174 Å². The Morgan fingerprint density at radius 1 is 1.13 bits per heavy atom. The fourth-order valence-electron chi connectivity index (χ4n) is 3.93. The Hall–Kier alpha value is -3.26. The van der Waals surface area contributed by atoms with Crippen molar-refractivity contribution in [3.05, 3.63) is 66.0 Å². The predicted octanol–water partition coefficient (Wildman–Crippen LogP) is 1.71. The second-order valence-corrected chi connectivity index (χ2v) is 7.44. The lowest BCUT2D eigenvalue weighted by molar-refractivity contribution is -0.149. The summed E-state index contributed by atoms with van der Waals surface area (Å²) in [6, 6.07) is 13.4. The highest BCUT2D eigenvalue weighted by Crippen LogP contribution is 2.25. The highest BCUT2D eigenvalue weighted by molar-refractivity contribution is 6.01. The highest BCUT2D eigenvalue weighted by atomic mass is 16.5. The number of aromatic nitrogens is 1. The Balaban J connectivity index is 1.48.